The Kier molecular flexibility index (Phi) is 5.64. The van der Waals surface area contributed by atoms with Crippen molar-refractivity contribution in [3.05, 3.63) is 34.1 Å². The molecule has 0 radical (unpaired) electrons. The van der Waals surface area contributed by atoms with Crippen LogP contribution >= 0.6 is 39.9 Å². The van der Waals surface area contributed by atoms with E-state index >= 15 is 0 Å². The Labute approximate surface area is 126 Å². The molecule has 0 saturated heterocycles. The number of benzene rings is 1. The monoisotopic (exact) mass is 413 g/mol. The van der Waals surface area contributed by atoms with Gasteiger partial charge < -0.3 is 10.2 Å². The molecule has 0 fully saturated rings. The van der Waals surface area contributed by atoms with Gasteiger partial charge in [0.2, 0.25) is 0 Å². The average Bonchev–Trinajstić information content (AvgIpc) is 2.63. The van der Waals surface area contributed by atoms with Crippen molar-refractivity contribution in [2.75, 3.05) is 20.1 Å². The fourth-order valence-corrected chi connectivity index (χ4v) is 2.05. The van der Waals surface area contributed by atoms with Crippen LogP contribution < -0.4 is 5.32 Å². The first-order chi connectivity index (χ1) is 7.66. The lowest BCUT2D eigenvalue weighted by Crippen LogP contribution is -2.35. The van der Waals surface area contributed by atoms with Crippen molar-refractivity contribution < 1.29 is 4.39 Å². The molecule has 94 valence electrons. The highest BCUT2D eigenvalue weighted by atomic mass is 127. The Balaban J connectivity index is 0.00000144. The Morgan fingerprint density at radius 3 is 2.88 bits per heavy atom. The van der Waals surface area contributed by atoms with Gasteiger partial charge in [0.1, 0.15) is 5.82 Å². The molecule has 0 aromatic heterocycles. The summed E-state index contributed by atoms with van der Waals surface area (Å²) in [7, 11) is 2.00. The van der Waals surface area contributed by atoms with Gasteiger partial charge in [0, 0.05) is 24.6 Å². The van der Waals surface area contributed by atoms with Gasteiger partial charge in [-0.15, -0.1) is 24.0 Å². The van der Waals surface area contributed by atoms with Gasteiger partial charge in [-0.3, -0.25) is 4.99 Å². The van der Waals surface area contributed by atoms with Crippen LogP contribution in [-0.2, 0) is 6.54 Å². The molecule has 2 rings (SSSR count). The third kappa shape index (κ3) is 3.80. The summed E-state index contributed by atoms with van der Waals surface area (Å²) in [5.41, 5.74) is 1.02. The maximum atomic E-state index is 12.9. The van der Waals surface area contributed by atoms with E-state index in [0.717, 1.165) is 29.1 Å². The molecule has 0 aliphatic carbocycles. The number of hydrogen-bond donors (Lipinski definition) is 1. The zero-order valence-corrected chi connectivity index (χ0v) is 13.3. The van der Waals surface area contributed by atoms with Gasteiger partial charge >= 0.3 is 0 Å². The van der Waals surface area contributed by atoms with E-state index in [2.05, 4.69) is 31.1 Å². The lowest BCUT2D eigenvalue weighted by Gasteiger charge is -2.15. The molecule has 0 atom stereocenters. The standard InChI is InChI=1S/C11H13BrFN3.HI/c1-16-5-4-14-11(16)15-7-8-2-3-9(13)6-10(8)12;/h2-3,6H,4-5,7H2,1H3,(H,14,15);1H. The average molecular weight is 414 g/mol. The first-order valence-electron chi connectivity index (χ1n) is 5.10. The lowest BCUT2D eigenvalue weighted by atomic mass is 10.2. The second-order valence-corrected chi connectivity index (χ2v) is 4.57. The minimum absolute atomic E-state index is 0. The molecule has 1 aromatic carbocycles. The second kappa shape index (κ2) is 6.53. The maximum Gasteiger partial charge on any atom is 0.194 e. The van der Waals surface area contributed by atoms with Crippen LogP contribution in [0.15, 0.2) is 27.7 Å². The fourth-order valence-electron chi connectivity index (χ4n) is 1.56. The lowest BCUT2D eigenvalue weighted by molar-refractivity contribution is 0.533. The highest BCUT2D eigenvalue weighted by Crippen LogP contribution is 2.17. The van der Waals surface area contributed by atoms with Crippen molar-refractivity contribution in [2.45, 2.75) is 6.54 Å². The van der Waals surface area contributed by atoms with Gasteiger partial charge in [-0.25, -0.2) is 4.39 Å². The summed E-state index contributed by atoms with van der Waals surface area (Å²) in [5.74, 6) is 0.669. The van der Waals surface area contributed by atoms with Crippen LogP contribution in [0.5, 0.6) is 0 Å². The van der Waals surface area contributed by atoms with E-state index in [1.807, 2.05) is 7.05 Å². The van der Waals surface area contributed by atoms with Gasteiger partial charge in [-0.2, -0.15) is 0 Å². The molecule has 1 aliphatic heterocycles. The van der Waals surface area contributed by atoms with Crippen LogP contribution in [0.3, 0.4) is 0 Å². The van der Waals surface area contributed by atoms with E-state index < -0.39 is 0 Å². The topological polar surface area (TPSA) is 27.6 Å². The molecular weight excluding hydrogens is 400 g/mol. The number of nitrogens with zero attached hydrogens (tertiary/aromatic N) is 2. The molecule has 3 nitrogen and oxygen atoms in total. The quantitative estimate of drug-likeness (QED) is 0.754. The summed E-state index contributed by atoms with van der Waals surface area (Å²) in [6.45, 7) is 2.43. The Hall–Kier alpha value is -0.370. The first-order valence-corrected chi connectivity index (χ1v) is 5.89. The molecule has 0 unspecified atom stereocenters. The van der Waals surface area contributed by atoms with E-state index in [1.165, 1.54) is 12.1 Å². The Morgan fingerprint density at radius 2 is 2.29 bits per heavy atom. The van der Waals surface area contributed by atoms with Crippen molar-refractivity contribution in [3.8, 4) is 0 Å². The van der Waals surface area contributed by atoms with Crippen molar-refractivity contribution in [1.82, 2.24) is 10.2 Å². The molecule has 0 bridgehead atoms. The maximum absolute atomic E-state index is 12.9. The highest BCUT2D eigenvalue weighted by molar-refractivity contribution is 14.0. The highest BCUT2D eigenvalue weighted by Gasteiger charge is 2.11. The van der Waals surface area contributed by atoms with Crippen LogP contribution in [0, 0.1) is 5.82 Å². The number of hydrogen-bond acceptors (Lipinski definition) is 3. The molecule has 1 heterocycles. The van der Waals surface area contributed by atoms with E-state index in [4.69, 9.17) is 0 Å². The smallest absolute Gasteiger partial charge is 0.194 e. The zero-order chi connectivity index (χ0) is 11.5. The minimum atomic E-state index is -0.231. The SMILES string of the molecule is CN1CCN=C1NCc1ccc(F)cc1Br.I. The van der Waals surface area contributed by atoms with Crippen LogP contribution in [0.1, 0.15) is 5.56 Å². The van der Waals surface area contributed by atoms with E-state index in [0.29, 0.717) is 6.54 Å². The second-order valence-electron chi connectivity index (χ2n) is 3.72. The summed E-state index contributed by atoms with van der Waals surface area (Å²) in [5, 5.41) is 3.23. The zero-order valence-electron chi connectivity index (χ0n) is 9.41. The number of halogens is 3. The normalized spacial score (nSPS) is 14.3. The largest absolute Gasteiger partial charge is 0.352 e. The molecule has 1 aliphatic rings. The van der Waals surface area contributed by atoms with Gasteiger partial charge in [0.25, 0.3) is 0 Å². The molecule has 1 aromatic rings. The van der Waals surface area contributed by atoms with Gasteiger partial charge in [-0.1, -0.05) is 22.0 Å². The first kappa shape index (κ1) is 14.7. The molecule has 0 spiro atoms. The van der Waals surface area contributed by atoms with Crippen LogP contribution in [0.2, 0.25) is 0 Å². The summed E-state index contributed by atoms with van der Waals surface area (Å²) < 4.78 is 13.6. The molecular formula is C11H14BrFIN3. The summed E-state index contributed by atoms with van der Waals surface area (Å²) in [4.78, 5) is 6.39. The van der Waals surface area contributed by atoms with Crippen molar-refractivity contribution in [3.63, 3.8) is 0 Å². The number of rotatable bonds is 2. The predicted octanol–water partition coefficient (Wildman–Crippen LogP) is 2.60. The van der Waals surface area contributed by atoms with Gasteiger partial charge in [-0.05, 0) is 17.7 Å². The van der Waals surface area contributed by atoms with E-state index in [1.54, 1.807) is 6.07 Å². The van der Waals surface area contributed by atoms with Crippen molar-refractivity contribution >= 4 is 45.9 Å². The van der Waals surface area contributed by atoms with Crippen LogP contribution in [0.25, 0.3) is 0 Å². The van der Waals surface area contributed by atoms with Crippen molar-refractivity contribution in [2.24, 2.45) is 4.99 Å². The number of guanidine groups is 1. The molecule has 6 heteroatoms. The molecule has 0 saturated carbocycles. The van der Waals surface area contributed by atoms with Crippen molar-refractivity contribution in [1.29, 1.82) is 0 Å². The third-order valence-corrected chi connectivity index (χ3v) is 3.25. The van der Waals surface area contributed by atoms with Crippen LogP contribution in [-0.4, -0.2) is 31.0 Å². The minimum Gasteiger partial charge on any atom is -0.352 e. The summed E-state index contributed by atoms with van der Waals surface area (Å²) in [6, 6.07) is 4.70. The number of nitrogens with one attached hydrogen (secondary N) is 1. The van der Waals surface area contributed by atoms with E-state index in [9.17, 15) is 4.39 Å². The molecule has 17 heavy (non-hydrogen) atoms. The fraction of sp³-hybridized carbons (Fsp3) is 0.364. The predicted molar refractivity (Wildman–Crippen MR) is 81.3 cm³/mol. The van der Waals surface area contributed by atoms with Crippen LogP contribution in [0.4, 0.5) is 4.39 Å². The Morgan fingerprint density at radius 1 is 1.53 bits per heavy atom. The summed E-state index contributed by atoms with van der Waals surface area (Å²) >= 11 is 3.34. The summed E-state index contributed by atoms with van der Waals surface area (Å²) in [6.07, 6.45) is 0. The number of aliphatic imine (C=N–C) groups is 1. The molecule has 1 N–H and O–H groups in total. The van der Waals surface area contributed by atoms with E-state index in [-0.39, 0.29) is 29.8 Å². The number of likely N-dealkylation sites (N-methyl/N-ethyl adjacent to an activating group) is 1. The van der Waals surface area contributed by atoms with Gasteiger partial charge in [0.15, 0.2) is 5.96 Å². The van der Waals surface area contributed by atoms with Gasteiger partial charge in [0.05, 0.1) is 6.54 Å². The Bertz CT molecular complexity index is 425. The molecule has 0 amide bonds. The third-order valence-electron chi connectivity index (χ3n) is 2.51.